The first-order valence-electron chi connectivity index (χ1n) is 14.8. The summed E-state index contributed by atoms with van der Waals surface area (Å²) >= 11 is 0. The van der Waals surface area contributed by atoms with Crippen LogP contribution in [-0.4, -0.2) is 78.8 Å². The van der Waals surface area contributed by atoms with Gasteiger partial charge in [0.1, 0.15) is 35.9 Å². The van der Waals surface area contributed by atoms with Gasteiger partial charge in [-0.1, -0.05) is 115 Å². The number of aliphatic hydroxyl groups excluding tert-OH is 3. The van der Waals surface area contributed by atoms with Crippen molar-refractivity contribution in [2.75, 3.05) is 39.9 Å². The Morgan fingerprint density at radius 3 is 1.53 bits per heavy atom. The molecule has 0 bridgehead atoms. The lowest BCUT2D eigenvalue weighted by Crippen LogP contribution is -2.52. The van der Waals surface area contributed by atoms with E-state index in [1.807, 2.05) is 14.0 Å². The number of unbranched alkanes of at least 4 members (excludes halogenated alkanes) is 13. The van der Waals surface area contributed by atoms with Crippen LogP contribution in [-0.2, 0) is 10.1 Å². The third-order valence-electron chi connectivity index (χ3n) is 7.13. The third kappa shape index (κ3) is 20.9. The maximum atomic E-state index is 10.4. The maximum Gasteiger partial charge on any atom is 0.124 e. The summed E-state index contributed by atoms with van der Waals surface area (Å²) in [5.41, 5.74) is 0.928. The zero-order valence-corrected chi connectivity index (χ0v) is 25.3. The second-order valence-corrected chi connectivity index (χ2v) is 12.4. The van der Waals surface area contributed by atoms with Gasteiger partial charge in [-0.15, -0.1) is 0 Å². The molecule has 3 N–H and O–H groups in total. The molecular weight excluding hydrogens is 502 g/mol. The molecule has 224 valence electrons. The minimum absolute atomic E-state index is 0.0993. The molecule has 1 aromatic rings. The van der Waals surface area contributed by atoms with Gasteiger partial charge in [0, 0.05) is 0 Å². The molecule has 7 nitrogen and oxygen atoms in total. The Balaban J connectivity index is 0.00000103. The Labute approximate surface area is 233 Å². The van der Waals surface area contributed by atoms with E-state index in [0.29, 0.717) is 24.1 Å². The molecule has 38 heavy (non-hydrogen) atoms. The summed E-state index contributed by atoms with van der Waals surface area (Å²) in [5.74, 6) is 0. The summed E-state index contributed by atoms with van der Waals surface area (Å²) in [6, 6.07) is 5.78. The minimum atomic E-state index is -4.27. The number of nitrogens with zero attached hydrogens (tertiary/aromatic N) is 1. The van der Waals surface area contributed by atoms with Gasteiger partial charge in [-0.25, -0.2) is 8.42 Å². The molecule has 1 atom stereocenters. The minimum Gasteiger partial charge on any atom is -0.744 e. The van der Waals surface area contributed by atoms with Gasteiger partial charge in [0.15, 0.2) is 0 Å². The molecule has 1 unspecified atom stereocenters. The number of rotatable bonds is 22. The van der Waals surface area contributed by atoms with Crippen LogP contribution in [0.4, 0.5) is 0 Å². The third-order valence-corrected chi connectivity index (χ3v) is 7.98. The fraction of sp³-hybridized carbons (Fsp3) is 0.800. The number of quaternary nitrogens is 1. The van der Waals surface area contributed by atoms with Crippen LogP contribution >= 0.6 is 0 Å². The Morgan fingerprint density at radius 1 is 0.763 bits per heavy atom. The number of likely N-dealkylation sites (N-methyl/N-ethyl adjacent to an activating group) is 1. The average Bonchev–Trinajstić information content (AvgIpc) is 2.84. The van der Waals surface area contributed by atoms with Crippen molar-refractivity contribution in [2.45, 2.75) is 121 Å². The lowest BCUT2D eigenvalue weighted by molar-refractivity contribution is -0.913. The molecule has 0 saturated heterocycles. The monoisotopic (exact) mass is 559 g/mol. The summed E-state index contributed by atoms with van der Waals surface area (Å²) in [5, 5.41) is 28.6. The van der Waals surface area contributed by atoms with Crippen molar-refractivity contribution >= 4 is 10.1 Å². The first-order chi connectivity index (χ1) is 18.1. The van der Waals surface area contributed by atoms with E-state index < -0.39 is 10.1 Å². The molecule has 1 aromatic carbocycles. The number of aryl methyl sites for hydroxylation is 1. The van der Waals surface area contributed by atoms with Gasteiger partial charge in [-0.05, 0) is 25.5 Å². The van der Waals surface area contributed by atoms with Gasteiger partial charge in [0.05, 0.1) is 25.2 Å². The topological polar surface area (TPSA) is 118 Å². The van der Waals surface area contributed by atoms with Crippen molar-refractivity contribution < 1.29 is 32.8 Å². The highest BCUT2D eigenvalue weighted by Crippen LogP contribution is 2.15. The zero-order chi connectivity index (χ0) is 28.7. The van der Waals surface area contributed by atoms with Crippen molar-refractivity contribution in [3.8, 4) is 0 Å². The first kappa shape index (κ1) is 37.0. The average molecular weight is 560 g/mol. The summed E-state index contributed by atoms with van der Waals surface area (Å²) in [4.78, 5) is -0.178. The number of benzene rings is 1. The molecule has 0 aromatic heterocycles. The van der Waals surface area contributed by atoms with Crippen molar-refractivity contribution in [1.29, 1.82) is 0 Å². The SMILES string of the molecule is CCCCCCCCCCCCCCCCC(O)C[N+](C)(CCO)CCO.Cc1ccc(S(=O)(=O)[O-])cc1. The molecule has 0 aliphatic carbocycles. The highest BCUT2D eigenvalue weighted by atomic mass is 32.2. The Morgan fingerprint density at radius 2 is 1.16 bits per heavy atom. The van der Waals surface area contributed by atoms with Crippen molar-refractivity contribution in [1.82, 2.24) is 0 Å². The normalized spacial score (nSPS) is 12.7. The lowest BCUT2D eigenvalue weighted by Gasteiger charge is -2.35. The predicted molar refractivity (Wildman–Crippen MR) is 155 cm³/mol. The molecule has 8 heteroatoms. The van der Waals surface area contributed by atoms with Gasteiger partial charge in [-0.2, -0.15) is 0 Å². The van der Waals surface area contributed by atoms with E-state index in [2.05, 4.69) is 6.92 Å². The number of hydrogen-bond donors (Lipinski definition) is 3. The van der Waals surface area contributed by atoms with Crippen LogP contribution in [0.15, 0.2) is 29.2 Å². The second kappa shape index (κ2) is 22.8. The zero-order valence-electron chi connectivity index (χ0n) is 24.5. The van der Waals surface area contributed by atoms with Crippen LogP contribution in [0.5, 0.6) is 0 Å². The Bertz CT molecular complexity index is 763. The highest BCUT2D eigenvalue weighted by Gasteiger charge is 2.24. The number of aliphatic hydroxyl groups is 3. The van der Waals surface area contributed by atoms with Crippen molar-refractivity contribution in [2.24, 2.45) is 0 Å². The largest absolute Gasteiger partial charge is 0.744 e. The summed E-state index contributed by atoms with van der Waals surface area (Å²) in [6.07, 6.45) is 19.4. The van der Waals surface area contributed by atoms with E-state index in [1.54, 1.807) is 12.1 Å². The fourth-order valence-corrected chi connectivity index (χ4v) is 5.13. The molecule has 0 aliphatic rings. The Kier molecular flexibility index (Phi) is 22.1. The molecule has 1 rings (SSSR count). The molecule has 0 spiro atoms. The highest BCUT2D eigenvalue weighted by molar-refractivity contribution is 7.85. The van der Waals surface area contributed by atoms with Crippen LogP contribution in [0.1, 0.15) is 109 Å². The quantitative estimate of drug-likeness (QED) is 0.0974. The van der Waals surface area contributed by atoms with Crippen LogP contribution in [0.25, 0.3) is 0 Å². The number of hydrogen-bond acceptors (Lipinski definition) is 6. The fourth-order valence-electron chi connectivity index (χ4n) is 4.66. The van der Waals surface area contributed by atoms with E-state index in [4.69, 9.17) is 0 Å². The maximum absolute atomic E-state index is 10.4. The van der Waals surface area contributed by atoms with Crippen LogP contribution < -0.4 is 0 Å². The van der Waals surface area contributed by atoms with E-state index in [1.165, 1.54) is 95.6 Å². The van der Waals surface area contributed by atoms with Gasteiger partial charge >= 0.3 is 0 Å². The first-order valence-corrected chi connectivity index (χ1v) is 16.2. The van der Waals surface area contributed by atoms with Gasteiger partial charge in [-0.3, -0.25) is 0 Å². The standard InChI is InChI=1S/C23H50NO3.C7H8O3S/c1-3-4-5-6-7-8-9-10-11-12-13-14-15-16-17-23(27)22-24(2,18-20-25)19-21-26;1-6-2-4-7(5-3-6)11(8,9)10/h23,25-27H,3-22H2,1-2H3;2-5H,1H3,(H,8,9,10)/q+1;/p-1. The molecule has 0 heterocycles. The molecule has 0 saturated carbocycles. The lowest BCUT2D eigenvalue weighted by atomic mass is 10.0. The molecular formula is C30H57NO6S. The summed E-state index contributed by atoms with van der Waals surface area (Å²) in [7, 11) is -2.27. The van der Waals surface area contributed by atoms with Crippen LogP contribution in [0.2, 0.25) is 0 Å². The van der Waals surface area contributed by atoms with Crippen molar-refractivity contribution in [3.05, 3.63) is 29.8 Å². The predicted octanol–water partition coefficient (Wildman–Crippen LogP) is 5.55. The van der Waals surface area contributed by atoms with Crippen molar-refractivity contribution in [3.63, 3.8) is 0 Å². The molecule has 0 aliphatic heterocycles. The van der Waals surface area contributed by atoms with E-state index in [9.17, 15) is 28.3 Å². The second-order valence-electron chi connectivity index (χ2n) is 11.0. The van der Waals surface area contributed by atoms with Gasteiger partial charge in [0.25, 0.3) is 0 Å². The smallest absolute Gasteiger partial charge is 0.124 e. The van der Waals surface area contributed by atoms with E-state index >= 15 is 0 Å². The van der Waals surface area contributed by atoms with Crippen LogP contribution in [0.3, 0.4) is 0 Å². The van der Waals surface area contributed by atoms with Gasteiger partial charge < -0.3 is 24.4 Å². The van der Waals surface area contributed by atoms with E-state index in [-0.39, 0.29) is 24.2 Å². The Hall–Kier alpha value is -1.03. The molecule has 0 fully saturated rings. The van der Waals surface area contributed by atoms with Gasteiger partial charge in [0.2, 0.25) is 0 Å². The summed E-state index contributed by atoms with van der Waals surface area (Å²) < 4.78 is 31.7. The summed E-state index contributed by atoms with van der Waals surface area (Å²) in [6.45, 7) is 6.10. The molecule has 0 radical (unpaired) electrons. The van der Waals surface area contributed by atoms with Crippen LogP contribution in [0, 0.1) is 6.92 Å². The van der Waals surface area contributed by atoms with E-state index in [0.717, 1.165) is 18.4 Å². The molecule has 0 amide bonds.